The van der Waals surface area contributed by atoms with Crippen molar-refractivity contribution in [2.45, 2.75) is 33.0 Å². The molecule has 11 heteroatoms. The minimum atomic E-state index is -4.38. The minimum absolute atomic E-state index is 0.0972. The number of amides is 1. The summed E-state index contributed by atoms with van der Waals surface area (Å²) in [6.45, 7) is 7.96. The number of halogens is 3. The first kappa shape index (κ1) is 24.4. The van der Waals surface area contributed by atoms with Crippen LogP contribution in [0.15, 0.2) is 36.7 Å². The first-order valence-electron chi connectivity index (χ1n) is 11.2. The van der Waals surface area contributed by atoms with Gasteiger partial charge in [-0.3, -0.25) is 4.79 Å². The lowest BCUT2D eigenvalue weighted by Crippen LogP contribution is -2.53. The maximum atomic E-state index is 12.9. The lowest BCUT2D eigenvalue weighted by molar-refractivity contribution is -0.137. The predicted molar refractivity (Wildman–Crippen MR) is 126 cm³/mol. The van der Waals surface area contributed by atoms with Gasteiger partial charge in [-0.25, -0.2) is 9.97 Å². The second-order valence-corrected chi connectivity index (χ2v) is 8.52. The molecule has 1 saturated heterocycles. The molecule has 1 fully saturated rings. The molecule has 1 aliphatic heterocycles. The van der Waals surface area contributed by atoms with Crippen LogP contribution < -0.4 is 15.1 Å². The Bertz CT molecular complexity index is 1210. The minimum Gasteiger partial charge on any atom is -0.354 e. The molecule has 4 rings (SSSR count). The van der Waals surface area contributed by atoms with Crippen LogP contribution in [0.2, 0.25) is 0 Å². The van der Waals surface area contributed by atoms with Crippen molar-refractivity contribution in [3.05, 3.63) is 59.0 Å². The van der Waals surface area contributed by atoms with E-state index in [1.165, 1.54) is 18.3 Å². The fourth-order valence-corrected chi connectivity index (χ4v) is 4.19. The van der Waals surface area contributed by atoms with Crippen LogP contribution in [0.5, 0.6) is 0 Å². The quantitative estimate of drug-likeness (QED) is 0.604. The second kappa shape index (κ2) is 9.47. The Morgan fingerprint density at radius 3 is 2.31 bits per heavy atom. The van der Waals surface area contributed by atoms with Gasteiger partial charge in [-0.15, -0.1) is 10.2 Å². The highest BCUT2D eigenvalue weighted by atomic mass is 19.4. The van der Waals surface area contributed by atoms with E-state index < -0.39 is 11.7 Å². The van der Waals surface area contributed by atoms with Crippen LogP contribution >= 0.6 is 0 Å². The zero-order valence-electron chi connectivity index (χ0n) is 19.9. The van der Waals surface area contributed by atoms with E-state index in [1.54, 1.807) is 13.2 Å². The Kier molecular flexibility index (Phi) is 6.60. The Morgan fingerprint density at radius 2 is 1.74 bits per heavy atom. The monoisotopic (exact) mass is 485 g/mol. The van der Waals surface area contributed by atoms with Gasteiger partial charge in [0.2, 0.25) is 0 Å². The Balaban J connectivity index is 1.51. The molecule has 1 N–H and O–H groups in total. The molecule has 3 aromatic rings. The van der Waals surface area contributed by atoms with Gasteiger partial charge < -0.3 is 15.1 Å². The number of nitrogens with zero attached hydrogens (tertiary/aromatic N) is 6. The fourth-order valence-electron chi connectivity index (χ4n) is 4.19. The van der Waals surface area contributed by atoms with Crippen LogP contribution in [0.4, 0.5) is 24.8 Å². The summed E-state index contributed by atoms with van der Waals surface area (Å²) in [7, 11) is 1.54. The van der Waals surface area contributed by atoms with E-state index in [9.17, 15) is 18.0 Å². The number of benzene rings is 1. The van der Waals surface area contributed by atoms with E-state index in [0.717, 1.165) is 29.1 Å². The number of anilines is 2. The summed E-state index contributed by atoms with van der Waals surface area (Å²) >= 11 is 0. The number of nitrogens with one attached hydrogen (secondary N) is 1. The topological polar surface area (TPSA) is 87.1 Å². The Hall–Kier alpha value is -3.76. The van der Waals surface area contributed by atoms with Crippen molar-refractivity contribution >= 4 is 17.5 Å². The lowest BCUT2D eigenvalue weighted by atomic mass is 10.0. The van der Waals surface area contributed by atoms with Crippen LogP contribution in [-0.4, -0.2) is 58.8 Å². The molecule has 0 unspecified atom stereocenters. The van der Waals surface area contributed by atoms with E-state index in [-0.39, 0.29) is 17.6 Å². The third kappa shape index (κ3) is 4.89. The third-order valence-electron chi connectivity index (χ3n) is 6.30. The maximum absolute atomic E-state index is 12.9. The molecule has 8 nitrogen and oxygen atoms in total. The largest absolute Gasteiger partial charge is 0.416 e. The summed E-state index contributed by atoms with van der Waals surface area (Å²) < 4.78 is 38.7. The Labute approximate surface area is 201 Å². The molecular formula is C24H26F3N7O. The van der Waals surface area contributed by atoms with Gasteiger partial charge in [0.1, 0.15) is 11.5 Å². The Morgan fingerprint density at radius 1 is 1.03 bits per heavy atom. The van der Waals surface area contributed by atoms with Gasteiger partial charge in [-0.05, 0) is 44.0 Å². The predicted octanol–water partition coefficient (Wildman–Crippen LogP) is 3.64. The molecule has 0 spiro atoms. The van der Waals surface area contributed by atoms with Gasteiger partial charge in [-0.2, -0.15) is 13.2 Å². The van der Waals surface area contributed by atoms with Crippen molar-refractivity contribution in [2.75, 3.05) is 36.5 Å². The van der Waals surface area contributed by atoms with E-state index in [4.69, 9.17) is 0 Å². The molecule has 35 heavy (non-hydrogen) atoms. The third-order valence-corrected chi connectivity index (χ3v) is 6.30. The summed E-state index contributed by atoms with van der Waals surface area (Å²) in [4.78, 5) is 24.6. The normalized spacial score (nSPS) is 16.4. The summed E-state index contributed by atoms with van der Waals surface area (Å²) in [6.07, 6.45) is -1.31. The van der Waals surface area contributed by atoms with Crippen LogP contribution in [0.3, 0.4) is 0 Å². The van der Waals surface area contributed by atoms with Crippen molar-refractivity contribution in [2.24, 2.45) is 0 Å². The number of hydrogen-bond donors (Lipinski definition) is 1. The number of carbonyl (C=O) groups is 1. The number of alkyl halides is 3. The summed E-state index contributed by atoms with van der Waals surface area (Å²) in [5.41, 5.74) is 2.54. The smallest absolute Gasteiger partial charge is 0.354 e. The molecule has 0 bridgehead atoms. The lowest BCUT2D eigenvalue weighted by Gasteiger charge is -2.41. The number of piperazine rings is 1. The fraction of sp³-hybridized carbons (Fsp3) is 0.375. The van der Waals surface area contributed by atoms with Gasteiger partial charge in [0.05, 0.1) is 23.7 Å². The van der Waals surface area contributed by atoms with Crippen LogP contribution in [0, 0.1) is 13.8 Å². The summed E-state index contributed by atoms with van der Waals surface area (Å²) in [5, 5.41) is 11.3. The van der Waals surface area contributed by atoms with Crippen LogP contribution in [-0.2, 0) is 6.18 Å². The SMILES string of the molecule is CNC(=O)c1cnc(N2CCN(c3nnc(-c4ccc(C(F)(F)F)cc4)c(C)c3C)C[C@H]2C)cn1. The molecule has 1 aliphatic rings. The molecule has 2 aromatic heterocycles. The highest BCUT2D eigenvalue weighted by molar-refractivity contribution is 5.91. The van der Waals surface area contributed by atoms with Crippen LogP contribution in [0.1, 0.15) is 34.1 Å². The van der Waals surface area contributed by atoms with Crippen LogP contribution in [0.25, 0.3) is 11.3 Å². The van der Waals surface area contributed by atoms with E-state index >= 15 is 0 Å². The number of hydrogen-bond acceptors (Lipinski definition) is 7. The summed E-state index contributed by atoms with van der Waals surface area (Å²) in [6, 6.07) is 5.07. The highest BCUT2D eigenvalue weighted by Crippen LogP contribution is 2.33. The summed E-state index contributed by atoms with van der Waals surface area (Å²) in [5.74, 6) is 1.17. The zero-order valence-corrected chi connectivity index (χ0v) is 19.9. The molecular weight excluding hydrogens is 459 g/mol. The molecule has 0 aliphatic carbocycles. The average Bonchev–Trinajstić information content (AvgIpc) is 2.85. The van der Waals surface area contributed by atoms with Gasteiger partial charge in [0.25, 0.3) is 5.91 Å². The van der Waals surface area contributed by atoms with Gasteiger partial charge in [0, 0.05) is 38.3 Å². The average molecular weight is 486 g/mol. The highest BCUT2D eigenvalue weighted by Gasteiger charge is 2.31. The molecule has 1 amide bonds. The number of aromatic nitrogens is 4. The van der Waals surface area contributed by atoms with E-state index in [2.05, 4.69) is 42.2 Å². The van der Waals surface area contributed by atoms with E-state index in [1.807, 2.05) is 13.8 Å². The number of carbonyl (C=O) groups excluding carboxylic acids is 1. The van der Waals surface area contributed by atoms with Crippen molar-refractivity contribution in [1.29, 1.82) is 0 Å². The van der Waals surface area contributed by atoms with Crippen molar-refractivity contribution in [3.63, 3.8) is 0 Å². The van der Waals surface area contributed by atoms with Gasteiger partial charge in [0.15, 0.2) is 5.82 Å². The maximum Gasteiger partial charge on any atom is 0.416 e. The molecule has 0 saturated carbocycles. The zero-order chi connectivity index (χ0) is 25.3. The first-order chi connectivity index (χ1) is 16.6. The molecule has 1 aromatic carbocycles. The standard InChI is InChI=1S/C24H26F3N7O/c1-14-13-33(9-10-34(14)20-12-29-19(11-30-20)23(35)28-4)22-16(3)15(2)21(31-32-22)17-5-7-18(8-6-17)24(25,26)27/h5-8,11-12,14H,9-10,13H2,1-4H3,(H,28,35)/t14-/m1/s1. The second-order valence-electron chi connectivity index (χ2n) is 8.52. The molecule has 3 heterocycles. The van der Waals surface area contributed by atoms with Gasteiger partial charge >= 0.3 is 6.18 Å². The molecule has 0 radical (unpaired) electrons. The molecule has 1 atom stereocenters. The first-order valence-corrected chi connectivity index (χ1v) is 11.2. The van der Waals surface area contributed by atoms with Crippen molar-refractivity contribution < 1.29 is 18.0 Å². The van der Waals surface area contributed by atoms with Gasteiger partial charge in [-0.1, -0.05) is 12.1 Å². The van der Waals surface area contributed by atoms with Crippen molar-refractivity contribution in [3.8, 4) is 11.3 Å². The van der Waals surface area contributed by atoms with Crippen molar-refractivity contribution in [1.82, 2.24) is 25.5 Å². The number of rotatable bonds is 4. The molecule has 184 valence electrons. The van der Waals surface area contributed by atoms with E-state index in [0.29, 0.717) is 36.7 Å².